The van der Waals surface area contributed by atoms with Crippen molar-refractivity contribution in [2.24, 2.45) is 0 Å². The Morgan fingerprint density at radius 2 is 1.86 bits per heavy atom. The van der Waals surface area contributed by atoms with Crippen LogP contribution in [0.2, 0.25) is 0 Å². The number of hydrogen-bond acceptors (Lipinski definition) is 8. The molecule has 1 aliphatic heterocycles. The molecule has 1 aromatic carbocycles. The average molecular weight is 492 g/mol. The molecule has 35 heavy (non-hydrogen) atoms. The van der Waals surface area contributed by atoms with E-state index in [0.29, 0.717) is 18.4 Å². The molecule has 0 bridgehead atoms. The molecule has 1 saturated heterocycles. The van der Waals surface area contributed by atoms with Gasteiger partial charge in [-0.05, 0) is 30.3 Å². The first-order valence-corrected chi connectivity index (χ1v) is 10.9. The third kappa shape index (κ3) is 6.27. The summed E-state index contributed by atoms with van der Waals surface area (Å²) >= 11 is 0. The normalized spacial score (nSPS) is 13.3. The van der Waals surface area contributed by atoms with Gasteiger partial charge in [0.25, 0.3) is 5.89 Å². The number of carbonyl (C=O) groups is 1. The minimum absolute atomic E-state index is 0.0324. The van der Waals surface area contributed by atoms with Crippen LogP contribution in [-0.2, 0) is 11.3 Å². The van der Waals surface area contributed by atoms with E-state index in [1.165, 1.54) is 6.20 Å². The highest BCUT2D eigenvalue weighted by Crippen LogP contribution is 2.33. The van der Waals surface area contributed by atoms with Crippen LogP contribution in [0.15, 0.2) is 40.9 Å². The molecule has 4 rings (SSSR count). The van der Waals surface area contributed by atoms with E-state index in [4.69, 9.17) is 4.42 Å². The maximum atomic E-state index is 12.7. The Morgan fingerprint density at radius 3 is 2.43 bits per heavy atom. The van der Waals surface area contributed by atoms with E-state index >= 15 is 0 Å². The van der Waals surface area contributed by atoms with Gasteiger partial charge in [-0.15, -0.1) is 10.2 Å². The topological polar surface area (TPSA) is 90.6 Å². The average Bonchev–Trinajstić information content (AvgIpc) is 3.40. The van der Waals surface area contributed by atoms with Gasteiger partial charge in [-0.2, -0.15) is 8.78 Å². The molecule has 1 fully saturated rings. The highest BCUT2D eigenvalue weighted by Gasteiger charge is 2.19. The van der Waals surface area contributed by atoms with Gasteiger partial charge in [-0.1, -0.05) is 0 Å². The molecule has 1 N–H and O–H groups in total. The fraction of sp³-hybridized carbons (Fsp3) is 0.391. The molecule has 0 spiro atoms. The van der Waals surface area contributed by atoms with E-state index in [-0.39, 0.29) is 12.4 Å². The zero-order valence-electron chi connectivity index (χ0n) is 19.8. The van der Waals surface area contributed by atoms with Crippen LogP contribution < -0.4 is 20.0 Å². The number of amides is 1. The van der Waals surface area contributed by atoms with Gasteiger partial charge in [0.05, 0.1) is 36.4 Å². The summed E-state index contributed by atoms with van der Waals surface area (Å²) in [6.07, 6.45) is -0.597. The van der Waals surface area contributed by atoms with Gasteiger partial charge >= 0.3 is 6.43 Å². The molecule has 0 unspecified atom stereocenters. The standard InChI is InChI=1S/C22H25F2N7O2.CH3F/c1-29(2)19-11-17(30-9-7-25-8-10-30)5-6-18(19)31(14-32)13-16-4-3-15(12-26-16)21-27-28-22(33-21)20(23)24;1-2/h3-6,11-12,14,20,25H,7-10,13H2,1-2H3;1H3. The summed E-state index contributed by atoms with van der Waals surface area (Å²) in [4.78, 5) is 22.2. The third-order valence-corrected chi connectivity index (χ3v) is 5.39. The number of piperazine rings is 1. The summed E-state index contributed by atoms with van der Waals surface area (Å²) in [5, 5.41) is 10.3. The number of nitrogens with one attached hydrogen (secondary N) is 1. The van der Waals surface area contributed by atoms with Gasteiger partial charge < -0.3 is 24.4 Å². The second-order valence-corrected chi connectivity index (χ2v) is 7.82. The molecule has 2 aromatic heterocycles. The Balaban J connectivity index is 0.00000167. The Kier molecular flexibility index (Phi) is 9.01. The van der Waals surface area contributed by atoms with Crippen LogP contribution in [0, 0.1) is 0 Å². The van der Waals surface area contributed by atoms with Gasteiger partial charge in [-0.25, -0.2) is 0 Å². The zero-order chi connectivity index (χ0) is 25.4. The molecular weight excluding hydrogens is 463 g/mol. The van der Waals surface area contributed by atoms with Crippen LogP contribution in [0.1, 0.15) is 18.0 Å². The summed E-state index contributed by atoms with van der Waals surface area (Å²) in [7, 11) is 4.38. The SMILES string of the molecule is CF.CN(C)c1cc(N2CCNCC2)ccc1N(C=O)Cc1ccc(-c2nnc(C(F)F)o2)cn1. The highest BCUT2D eigenvalue weighted by molar-refractivity contribution is 5.85. The lowest BCUT2D eigenvalue weighted by molar-refractivity contribution is -0.107. The number of benzene rings is 1. The molecular formula is C23H28F3N7O2. The molecule has 12 heteroatoms. The van der Waals surface area contributed by atoms with Crippen molar-refractivity contribution in [1.29, 1.82) is 0 Å². The number of aromatic nitrogens is 3. The molecule has 0 atom stereocenters. The second kappa shape index (κ2) is 12.2. The van der Waals surface area contributed by atoms with Crippen molar-refractivity contribution in [3.63, 3.8) is 0 Å². The summed E-state index contributed by atoms with van der Waals surface area (Å²) in [5.74, 6) is -0.767. The first-order valence-electron chi connectivity index (χ1n) is 10.9. The van der Waals surface area contributed by atoms with Crippen molar-refractivity contribution in [3.8, 4) is 11.5 Å². The van der Waals surface area contributed by atoms with E-state index < -0.39 is 12.3 Å². The van der Waals surface area contributed by atoms with E-state index in [1.54, 1.807) is 17.0 Å². The van der Waals surface area contributed by atoms with Gasteiger partial charge in [0.2, 0.25) is 12.3 Å². The first kappa shape index (κ1) is 25.9. The van der Waals surface area contributed by atoms with E-state index in [0.717, 1.165) is 49.7 Å². The third-order valence-electron chi connectivity index (χ3n) is 5.39. The number of pyridine rings is 1. The van der Waals surface area contributed by atoms with Gasteiger partial charge in [0.1, 0.15) is 0 Å². The molecule has 3 heterocycles. The fourth-order valence-corrected chi connectivity index (χ4v) is 3.67. The summed E-state index contributed by atoms with van der Waals surface area (Å²) in [5.41, 5.74) is 3.83. The summed E-state index contributed by atoms with van der Waals surface area (Å²) < 4.78 is 39.8. The Hall–Kier alpha value is -3.67. The van der Waals surface area contributed by atoms with Crippen LogP contribution in [0.25, 0.3) is 11.5 Å². The Bertz CT molecular complexity index is 1090. The molecule has 188 valence electrons. The Labute approximate surface area is 201 Å². The van der Waals surface area contributed by atoms with Crippen LogP contribution in [0.3, 0.4) is 0 Å². The van der Waals surface area contributed by atoms with Crippen molar-refractivity contribution in [3.05, 3.63) is 48.1 Å². The van der Waals surface area contributed by atoms with Crippen molar-refractivity contribution >= 4 is 23.5 Å². The molecule has 3 aromatic rings. The van der Waals surface area contributed by atoms with E-state index in [1.807, 2.05) is 31.1 Å². The van der Waals surface area contributed by atoms with E-state index in [9.17, 15) is 18.0 Å². The number of rotatable bonds is 8. The highest BCUT2D eigenvalue weighted by atomic mass is 19.3. The fourth-order valence-electron chi connectivity index (χ4n) is 3.67. The monoisotopic (exact) mass is 491 g/mol. The van der Waals surface area contributed by atoms with Gasteiger partial charge in [0, 0.05) is 52.2 Å². The van der Waals surface area contributed by atoms with Crippen LogP contribution in [-0.4, -0.2) is 69.0 Å². The summed E-state index contributed by atoms with van der Waals surface area (Å²) in [6, 6.07) is 9.40. The van der Waals surface area contributed by atoms with Crippen LogP contribution >= 0.6 is 0 Å². The number of carbonyl (C=O) groups excluding carboxylic acids is 1. The number of anilines is 3. The lowest BCUT2D eigenvalue weighted by Gasteiger charge is -2.32. The number of nitrogens with zero attached hydrogens (tertiary/aromatic N) is 6. The molecule has 1 amide bonds. The predicted molar refractivity (Wildman–Crippen MR) is 128 cm³/mol. The second-order valence-electron chi connectivity index (χ2n) is 7.82. The molecule has 1 aliphatic rings. The molecule has 0 aliphatic carbocycles. The zero-order valence-corrected chi connectivity index (χ0v) is 19.8. The van der Waals surface area contributed by atoms with Crippen molar-refractivity contribution in [2.45, 2.75) is 13.0 Å². The van der Waals surface area contributed by atoms with Crippen LogP contribution in [0.5, 0.6) is 0 Å². The number of halogens is 3. The Morgan fingerprint density at radius 1 is 1.11 bits per heavy atom. The minimum atomic E-state index is -2.83. The van der Waals surface area contributed by atoms with Crippen molar-refractivity contribution < 1.29 is 22.4 Å². The quantitative estimate of drug-likeness (QED) is 0.480. The lowest BCUT2D eigenvalue weighted by Crippen LogP contribution is -2.43. The van der Waals surface area contributed by atoms with Crippen LogP contribution in [0.4, 0.5) is 30.2 Å². The van der Waals surface area contributed by atoms with E-state index in [2.05, 4.69) is 31.5 Å². The van der Waals surface area contributed by atoms with Crippen molar-refractivity contribution in [2.75, 3.05) is 62.2 Å². The summed E-state index contributed by atoms with van der Waals surface area (Å²) in [6.45, 7) is 3.98. The maximum absolute atomic E-state index is 12.7. The van der Waals surface area contributed by atoms with Crippen molar-refractivity contribution in [1.82, 2.24) is 20.5 Å². The predicted octanol–water partition coefficient (Wildman–Crippen LogP) is 3.29. The first-order chi connectivity index (χ1) is 17.0. The molecule has 0 saturated carbocycles. The van der Waals surface area contributed by atoms with Gasteiger partial charge in [-0.3, -0.25) is 14.2 Å². The number of alkyl halides is 3. The maximum Gasteiger partial charge on any atom is 0.314 e. The molecule has 9 nitrogen and oxygen atoms in total. The number of hydrogen-bond donors (Lipinski definition) is 1. The lowest BCUT2D eigenvalue weighted by atomic mass is 10.1. The minimum Gasteiger partial charge on any atom is -0.415 e. The van der Waals surface area contributed by atoms with Gasteiger partial charge in [0.15, 0.2) is 0 Å². The molecule has 0 radical (unpaired) electrons. The smallest absolute Gasteiger partial charge is 0.314 e. The largest absolute Gasteiger partial charge is 0.415 e.